The second-order valence-corrected chi connectivity index (χ2v) is 22.4. The number of nitrogens with one attached hydrogen (secondary N) is 1. The van der Waals surface area contributed by atoms with E-state index < -0.39 is 20.0 Å². The van der Waals surface area contributed by atoms with E-state index in [0.29, 0.717) is 12.3 Å². The number of fused-ring (bicyclic) bond motifs is 2. The first-order chi connectivity index (χ1) is 28.2. The quantitative estimate of drug-likeness (QED) is 0.139. The molecule has 5 aromatic carbocycles. The van der Waals surface area contributed by atoms with Crippen LogP contribution in [0.4, 0.5) is 0 Å². The fourth-order valence-corrected chi connectivity index (χ4v) is 15.7. The predicted molar refractivity (Wildman–Crippen MR) is 232 cm³/mol. The molecule has 0 aromatic heterocycles. The zero-order chi connectivity index (χ0) is 39.7. The summed E-state index contributed by atoms with van der Waals surface area (Å²) in [5.74, 6) is 2.37. The molecule has 302 valence electrons. The van der Waals surface area contributed by atoms with Gasteiger partial charge in [-0.15, -0.1) is 4.13 Å². The van der Waals surface area contributed by atoms with Gasteiger partial charge in [0.2, 0.25) is 9.79 Å². The molecule has 1 aliphatic heterocycles. The number of ether oxygens (including phenoxy) is 1. The summed E-state index contributed by atoms with van der Waals surface area (Å²) in [4.78, 5) is 3.67. The molecule has 3 saturated carbocycles. The van der Waals surface area contributed by atoms with Crippen LogP contribution in [0.5, 0.6) is 11.5 Å². The fourth-order valence-electron chi connectivity index (χ4n) is 10.0. The summed E-state index contributed by atoms with van der Waals surface area (Å²) in [6, 6.07) is 36.0. The number of hydrogen-bond acceptors (Lipinski definition) is 5. The Morgan fingerprint density at radius 2 is 1.05 bits per heavy atom. The molecule has 1 heterocycles. The van der Waals surface area contributed by atoms with Crippen LogP contribution in [0.3, 0.4) is 0 Å². The van der Waals surface area contributed by atoms with Gasteiger partial charge >= 0.3 is 0 Å². The largest absolute Gasteiger partial charge is 0.447 e. The molecule has 6 nitrogen and oxygen atoms in total. The summed E-state index contributed by atoms with van der Waals surface area (Å²) in [5, 5.41) is 0. The molecule has 1 atom stereocenters. The molecule has 0 bridgehead atoms. The molecule has 0 radical (unpaired) electrons. The van der Waals surface area contributed by atoms with Gasteiger partial charge in [-0.2, -0.15) is 0 Å². The first-order valence-electron chi connectivity index (χ1n) is 21.5. The van der Waals surface area contributed by atoms with Gasteiger partial charge in [0.1, 0.15) is 10.9 Å². The van der Waals surface area contributed by atoms with E-state index in [1.807, 2.05) is 24.3 Å². The van der Waals surface area contributed by atoms with Crippen molar-refractivity contribution in [1.29, 1.82) is 0 Å². The van der Waals surface area contributed by atoms with Crippen LogP contribution in [-0.2, 0) is 37.4 Å². The molecule has 1 N–H and O–H groups in total. The van der Waals surface area contributed by atoms with Gasteiger partial charge in [-0.1, -0.05) is 118 Å². The van der Waals surface area contributed by atoms with Crippen molar-refractivity contribution in [3.05, 3.63) is 137 Å². The SMILES string of the molecule is O=S(=O)(NS(=O)(=O)c1c(C2CCCCC2)cc(C2CCCCC2)cc1C1CCCCC1)c1ccc(Cc2ccc3c(c2)[S+](c2ccccc2)c2ccccc2O3)cc1. The third-order valence-corrected chi connectivity index (χ3v) is 18.9. The van der Waals surface area contributed by atoms with Crippen molar-refractivity contribution in [2.24, 2.45) is 0 Å². The number of hydrogen-bond donors (Lipinski definition) is 1. The van der Waals surface area contributed by atoms with Gasteiger partial charge in [-0.3, -0.25) is 0 Å². The minimum absolute atomic E-state index is 0.0573. The summed E-state index contributed by atoms with van der Waals surface area (Å²) < 4.78 is 66.4. The van der Waals surface area contributed by atoms with Crippen LogP contribution in [0.2, 0.25) is 0 Å². The Bertz CT molecular complexity index is 2430. The molecule has 5 aromatic rings. The number of benzene rings is 5. The smallest absolute Gasteiger partial charge is 0.254 e. The van der Waals surface area contributed by atoms with E-state index in [1.54, 1.807) is 12.1 Å². The highest BCUT2D eigenvalue weighted by Crippen LogP contribution is 2.48. The average molecular weight is 833 g/mol. The number of sulfonamides is 2. The lowest BCUT2D eigenvalue weighted by Crippen LogP contribution is -2.33. The van der Waals surface area contributed by atoms with Gasteiger partial charge in [0.15, 0.2) is 16.4 Å². The molecule has 0 amide bonds. The summed E-state index contributed by atoms with van der Waals surface area (Å²) in [5.41, 5.74) is 4.99. The maximum Gasteiger partial charge on any atom is 0.254 e. The van der Waals surface area contributed by atoms with E-state index in [4.69, 9.17) is 4.74 Å². The lowest BCUT2D eigenvalue weighted by molar-refractivity contribution is 0.419. The highest BCUT2D eigenvalue weighted by Gasteiger charge is 2.40. The topological polar surface area (TPSA) is 89.5 Å². The molecule has 3 aliphatic carbocycles. The number of rotatable bonds is 10. The molecule has 0 spiro atoms. The van der Waals surface area contributed by atoms with E-state index in [-0.39, 0.29) is 32.5 Å². The molecule has 1 unspecified atom stereocenters. The third-order valence-electron chi connectivity index (χ3n) is 13.0. The van der Waals surface area contributed by atoms with E-state index in [2.05, 4.69) is 64.8 Å². The predicted octanol–water partition coefficient (Wildman–Crippen LogP) is 12.3. The molecule has 9 heteroatoms. The van der Waals surface area contributed by atoms with E-state index in [9.17, 15) is 16.8 Å². The summed E-state index contributed by atoms with van der Waals surface area (Å²) in [7, 11) is -9.20. The van der Waals surface area contributed by atoms with Crippen molar-refractivity contribution >= 4 is 30.9 Å². The second-order valence-electron chi connectivity index (χ2n) is 16.9. The minimum Gasteiger partial charge on any atom is -0.447 e. The monoisotopic (exact) mass is 832 g/mol. The number of para-hydroxylation sites is 1. The molecule has 3 fully saturated rings. The van der Waals surface area contributed by atoms with Crippen LogP contribution in [0.1, 0.15) is 142 Å². The molecule has 58 heavy (non-hydrogen) atoms. The Labute approximate surface area is 348 Å². The first kappa shape index (κ1) is 39.6. The third kappa shape index (κ3) is 8.29. The van der Waals surface area contributed by atoms with Crippen LogP contribution in [0.25, 0.3) is 0 Å². The van der Waals surface area contributed by atoms with Crippen LogP contribution in [0.15, 0.2) is 134 Å². The Hall–Kier alpha value is -3.89. The zero-order valence-corrected chi connectivity index (χ0v) is 35.7. The van der Waals surface area contributed by atoms with E-state index in [1.165, 1.54) is 41.9 Å². The average Bonchev–Trinajstić information content (AvgIpc) is 3.26. The molecule has 0 saturated heterocycles. The van der Waals surface area contributed by atoms with Crippen molar-refractivity contribution in [2.75, 3.05) is 0 Å². The van der Waals surface area contributed by atoms with Crippen LogP contribution >= 0.6 is 0 Å². The molecule has 9 rings (SSSR count). The van der Waals surface area contributed by atoms with Crippen LogP contribution < -0.4 is 8.86 Å². The Balaban J connectivity index is 1.01. The van der Waals surface area contributed by atoms with Gasteiger partial charge in [-0.25, -0.2) is 16.8 Å². The van der Waals surface area contributed by atoms with Gasteiger partial charge in [-0.05, 0) is 133 Å². The van der Waals surface area contributed by atoms with Crippen molar-refractivity contribution in [2.45, 2.75) is 145 Å². The lowest BCUT2D eigenvalue weighted by Gasteiger charge is -2.32. The van der Waals surface area contributed by atoms with Crippen molar-refractivity contribution in [3.63, 3.8) is 0 Å². The van der Waals surface area contributed by atoms with Gasteiger partial charge in [0.25, 0.3) is 20.0 Å². The van der Waals surface area contributed by atoms with Gasteiger partial charge in [0, 0.05) is 6.07 Å². The fraction of sp³-hybridized carbons (Fsp3) is 0.388. The Kier molecular flexibility index (Phi) is 11.6. The Morgan fingerprint density at radius 1 is 0.517 bits per heavy atom. The molecular weight excluding hydrogens is 779 g/mol. The van der Waals surface area contributed by atoms with Crippen molar-refractivity contribution in [1.82, 2.24) is 4.13 Å². The molecule has 4 aliphatic rings. The summed E-state index contributed by atoms with van der Waals surface area (Å²) >= 11 is 0. The zero-order valence-electron chi connectivity index (χ0n) is 33.2. The van der Waals surface area contributed by atoms with Gasteiger partial charge < -0.3 is 4.74 Å². The van der Waals surface area contributed by atoms with E-state index in [0.717, 1.165) is 121 Å². The standard InChI is InChI=1S/C49H54NO5S3/c51-57(52,42-28-25-35(26-29-42)31-36-27-30-46-48(32-36)56(41-21-11-4-12-22-41)47-24-14-13-23-45(47)55-46)50-58(53,54)49-43(38-17-7-2-8-18-38)33-40(37-15-5-1-6-16-37)34-44(49)39-19-9-3-10-20-39/h4,11-14,21-30,32-34,37-39,50H,1-3,5-10,15-20,31H2/q+1. The first-order valence-corrected chi connectivity index (χ1v) is 25.7. The van der Waals surface area contributed by atoms with Crippen LogP contribution in [-0.4, -0.2) is 16.8 Å². The van der Waals surface area contributed by atoms with Crippen molar-refractivity contribution < 1.29 is 21.6 Å². The van der Waals surface area contributed by atoms with Crippen LogP contribution in [0, 0.1) is 0 Å². The summed E-state index contributed by atoms with van der Waals surface area (Å²) in [6.45, 7) is 0. The minimum atomic E-state index is -4.44. The highest BCUT2D eigenvalue weighted by atomic mass is 32.3. The second kappa shape index (κ2) is 17.0. The highest BCUT2D eigenvalue weighted by molar-refractivity contribution is 8.04. The van der Waals surface area contributed by atoms with Gasteiger partial charge in [0.05, 0.1) is 9.79 Å². The lowest BCUT2D eigenvalue weighted by atomic mass is 9.76. The normalized spacial score (nSPS) is 19.6. The van der Waals surface area contributed by atoms with Crippen molar-refractivity contribution in [3.8, 4) is 11.5 Å². The molecular formula is C49H54NO5S3+. The van der Waals surface area contributed by atoms with E-state index >= 15 is 0 Å². The summed E-state index contributed by atoms with van der Waals surface area (Å²) in [6.07, 6.45) is 16.8. The maximum atomic E-state index is 14.8. The maximum absolute atomic E-state index is 14.8. The Morgan fingerprint density at radius 3 is 1.67 bits per heavy atom.